The van der Waals surface area contributed by atoms with Crippen LogP contribution in [-0.4, -0.2) is 30.3 Å². The van der Waals surface area contributed by atoms with Crippen molar-refractivity contribution < 1.29 is 19.1 Å². The molecule has 0 aliphatic heterocycles. The molecule has 2 N–H and O–H groups in total. The summed E-state index contributed by atoms with van der Waals surface area (Å²) in [4.78, 5) is 23.7. The third-order valence-corrected chi connectivity index (χ3v) is 3.72. The van der Waals surface area contributed by atoms with Gasteiger partial charge in [-0.05, 0) is 49.9 Å². The molecule has 1 unspecified atom stereocenters. The third-order valence-electron chi connectivity index (χ3n) is 3.72. The van der Waals surface area contributed by atoms with Gasteiger partial charge in [-0.1, -0.05) is 6.92 Å². The molecule has 0 aliphatic carbocycles. The van der Waals surface area contributed by atoms with Gasteiger partial charge in [0.05, 0.1) is 5.39 Å². The van der Waals surface area contributed by atoms with Crippen molar-refractivity contribution in [3.63, 3.8) is 0 Å². The van der Waals surface area contributed by atoms with Crippen LogP contribution in [0.3, 0.4) is 0 Å². The van der Waals surface area contributed by atoms with Crippen LogP contribution in [-0.2, 0) is 11.2 Å². The second-order valence-electron chi connectivity index (χ2n) is 5.71. The zero-order valence-electron chi connectivity index (χ0n) is 14.2. The molecule has 0 fully saturated rings. The maximum atomic E-state index is 12.1. The quantitative estimate of drug-likeness (QED) is 0.597. The van der Waals surface area contributed by atoms with Gasteiger partial charge in [-0.2, -0.15) is 0 Å². The maximum absolute atomic E-state index is 12.1. The van der Waals surface area contributed by atoms with E-state index in [0.717, 1.165) is 16.5 Å². The van der Waals surface area contributed by atoms with E-state index in [9.17, 15) is 9.59 Å². The fraction of sp³-hybridized carbons (Fsp3) is 0.444. The molecule has 1 amide bonds. The predicted molar refractivity (Wildman–Crippen MR) is 91.4 cm³/mol. The Kier molecular flexibility index (Phi) is 5.98. The number of hydrogen-bond acceptors (Lipinski definition) is 5. The van der Waals surface area contributed by atoms with E-state index in [1.54, 1.807) is 13.0 Å². The lowest BCUT2D eigenvalue weighted by Crippen LogP contribution is -2.37. The first-order valence-electron chi connectivity index (χ1n) is 8.08. The molecule has 2 rings (SSSR count). The molecule has 6 heteroatoms. The summed E-state index contributed by atoms with van der Waals surface area (Å²) in [6.45, 7) is 5.90. The minimum Gasteiger partial charge on any atom is -0.480 e. The van der Waals surface area contributed by atoms with E-state index in [4.69, 9.17) is 14.3 Å². The number of hydrogen-bond donors (Lipinski definition) is 2. The summed E-state index contributed by atoms with van der Waals surface area (Å²) in [7, 11) is 0. The molecule has 1 atom stereocenters. The van der Waals surface area contributed by atoms with Gasteiger partial charge in [-0.15, -0.1) is 0 Å². The van der Waals surface area contributed by atoms with Crippen molar-refractivity contribution in [1.29, 1.82) is 0 Å². The zero-order valence-corrected chi connectivity index (χ0v) is 14.2. The van der Waals surface area contributed by atoms with Gasteiger partial charge in [0, 0.05) is 19.2 Å². The van der Waals surface area contributed by atoms with Gasteiger partial charge in [0.2, 0.25) is 0 Å². The lowest BCUT2D eigenvalue weighted by molar-refractivity contribution is -0.127. The number of aliphatic hydroxyl groups excluding tert-OH is 1. The van der Waals surface area contributed by atoms with Gasteiger partial charge in [0.1, 0.15) is 11.3 Å². The average molecular weight is 333 g/mol. The van der Waals surface area contributed by atoms with Crippen LogP contribution in [0.4, 0.5) is 0 Å². The molecule has 24 heavy (non-hydrogen) atoms. The van der Waals surface area contributed by atoms with E-state index in [2.05, 4.69) is 5.32 Å². The summed E-state index contributed by atoms with van der Waals surface area (Å²) >= 11 is 0. The van der Waals surface area contributed by atoms with Crippen LogP contribution in [0.5, 0.6) is 5.75 Å². The summed E-state index contributed by atoms with van der Waals surface area (Å²) in [5.74, 6) is 0.268. The lowest BCUT2D eigenvalue weighted by atomic mass is 10.0. The smallest absolute Gasteiger partial charge is 0.336 e. The Morgan fingerprint density at radius 1 is 1.38 bits per heavy atom. The molecule has 1 aromatic carbocycles. The SMILES string of the molecule is CCc1cc(=O)oc2cc(C)cc(OC(C)C(=O)NCCCO)c12. The first kappa shape index (κ1) is 18.0. The first-order valence-corrected chi connectivity index (χ1v) is 8.08. The Hall–Kier alpha value is -2.34. The molecule has 2 aromatic rings. The highest BCUT2D eigenvalue weighted by Crippen LogP contribution is 2.30. The molecule has 0 bridgehead atoms. The van der Waals surface area contributed by atoms with Gasteiger partial charge in [0.15, 0.2) is 6.10 Å². The Labute approximate surface area is 140 Å². The molecular formula is C18H23NO5. The standard InChI is InChI=1S/C18H23NO5/c1-4-13-10-16(21)24-15-9-11(2)8-14(17(13)15)23-12(3)18(22)19-6-5-7-20/h8-10,12,20H,4-7H2,1-3H3,(H,19,22). The molecule has 1 aromatic heterocycles. The van der Waals surface area contributed by atoms with Crippen molar-refractivity contribution in [2.75, 3.05) is 13.2 Å². The van der Waals surface area contributed by atoms with Gasteiger partial charge >= 0.3 is 5.63 Å². The molecule has 0 spiro atoms. The second-order valence-corrected chi connectivity index (χ2v) is 5.71. The molecule has 0 radical (unpaired) electrons. The number of carbonyl (C=O) groups excluding carboxylic acids is 1. The number of rotatable bonds is 7. The zero-order chi connectivity index (χ0) is 17.7. The molecular weight excluding hydrogens is 310 g/mol. The van der Waals surface area contributed by atoms with Crippen molar-refractivity contribution in [2.24, 2.45) is 0 Å². The monoisotopic (exact) mass is 333 g/mol. The number of nitrogens with one attached hydrogen (secondary N) is 1. The summed E-state index contributed by atoms with van der Waals surface area (Å²) in [5.41, 5.74) is 1.76. The highest BCUT2D eigenvalue weighted by Gasteiger charge is 2.18. The highest BCUT2D eigenvalue weighted by molar-refractivity contribution is 5.88. The van der Waals surface area contributed by atoms with Crippen LogP contribution in [0.15, 0.2) is 27.4 Å². The maximum Gasteiger partial charge on any atom is 0.336 e. The Morgan fingerprint density at radius 3 is 2.79 bits per heavy atom. The molecule has 1 heterocycles. The molecule has 130 valence electrons. The van der Waals surface area contributed by atoms with E-state index < -0.39 is 11.7 Å². The van der Waals surface area contributed by atoms with Crippen LogP contribution in [0.25, 0.3) is 11.0 Å². The van der Waals surface area contributed by atoms with Crippen LogP contribution in [0.1, 0.15) is 31.4 Å². The number of aryl methyl sites for hydroxylation is 2. The van der Waals surface area contributed by atoms with Crippen molar-refractivity contribution in [3.05, 3.63) is 39.7 Å². The van der Waals surface area contributed by atoms with Gasteiger partial charge in [-0.25, -0.2) is 4.79 Å². The van der Waals surface area contributed by atoms with E-state index in [1.165, 1.54) is 6.07 Å². The lowest BCUT2D eigenvalue weighted by Gasteiger charge is -2.17. The second kappa shape index (κ2) is 7.97. The minimum atomic E-state index is -0.703. The van der Waals surface area contributed by atoms with Crippen molar-refractivity contribution >= 4 is 16.9 Å². The molecule has 0 saturated heterocycles. The number of fused-ring (bicyclic) bond motifs is 1. The summed E-state index contributed by atoms with van der Waals surface area (Å²) < 4.78 is 11.1. The normalized spacial score (nSPS) is 12.2. The third kappa shape index (κ3) is 4.14. The Morgan fingerprint density at radius 2 is 2.12 bits per heavy atom. The Bertz CT molecular complexity index is 781. The summed E-state index contributed by atoms with van der Waals surface area (Å²) in [6.07, 6.45) is 0.445. The summed E-state index contributed by atoms with van der Waals surface area (Å²) in [5, 5.41) is 12.2. The molecule has 0 saturated carbocycles. The number of aliphatic hydroxyl groups is 1. The number of ether oxygens (including phenoxy) is 1. The molecule has 6 nitrogen and oxygen atoms in total. The van der Waals surface area contributed by atoms with Crippen LogP contribution in [0, 0.1) is 6.92 Å². The van der Waals surface area contributed by atoms with E-state index in [-0.39, 0.29) is 12.5 Å². The minimum absolute atomic E-state index is 0.0247. The largest absolute Gasteiger partial charge is 0.480 e. The Balaban J connectivity index is 2.34. The fourth-order valence-electron chi connectivity index (χ4n) is 2.52. The average Bonchev–Trinajstić information content (AvgIpc) is 2.53. The van der Waals surface area contributed by atoms with Gasteiger partial charge in [0.25, 0.3) is 5.91 Å². The fourth-order valence-corrected chi connectivity index (χ4v) is 2.52. The van der Waals surface area contributed by atoms with Crippen molar-refractivity contribution in [2.45, 2.75) is 39.7 Å². The van der Waals surface area contributed by atoms with Crippen LogP contribution >= 0.6 is 0 Å². The van der Waals surface area contributed by atoms with Crippen molar-refractivity contribution in [1.82, 2.24) is 5.32 Å². The van der Waals surface area contributed by atoms with E-state index >= 15 is 0 Å². The van der Waals surface area contributed by atoms with Gasteiger partial charge < -0.3 is 19.6 Å². The predicted octanol–water partition coefficient (Wildman–Crippen LogP) is 1.93. The number of benzene rings is 1. The first-order chi connectivity index (χ1) is 11.5. The van der Waals surface area contributed by atoms with E-state index in [1.807, 2.05) is 19.9 Å². The number of carbonyl (C=O) groups is 1. The summed E-state index contributed by atoms with van der Waals surface area (Å²) in [6, 6.07) is 5.07. The number of amides is 1. The topological polar surface area (TPSA) is 88.8 Å². The highest BCUT2D eigenvalue weighted by atomic mass is 16.5. The van der Waals surface area contributed by atoms with Gasteiger partial charge in [-0.3, -0.25) is 4.79 Å². The van der Waals surface area contributed by atoms with Crippen LogP contribution < -0.4 is 15.7 Å². The van der Waals surface area contributed by atoms with Crippen LogP contribution in [0.2, 0.25) is 0 Å². The molecule has 0 aliphatic rings. The van der Waals surface area contributed by atoms with Crippen molar-refractivity contribution in [3.8, 4) is 5.75 Å². The van der Waals surface area contributed by atoms with E-state index in [0.29, 0.717) is 30.7 Å².